The summed E-state index contributed by atoms with van der Waals surface area (Å²) in [6, 6.07) is 6.69. The molecule has 1 saturated carbocycles. The molecule has 1 aliphatic carbocycles. The topological polar surface area (TPSA) is 26.0 Å². The molecule has 2 rings (SSSR count). The van der Waals surface area contributed by atoms with Crippen molar-refractivity contribution in [1.29, 1.82) is 0 Å². The predicted molar refractivity (Wildman–Crippen MR) is 55.5 cm³/mol. The molecule has 1 aliphatic rings. The summed E-state index contributed by atoms with van der Waals surface area (Å²) in [5.41, 5.74) is 7.35. The first kappa shape index (κ1) is 9.66. The highest BCUT2D eigenvalue weighted by atomic mass is 19.1. The third kappa shape index (κ3) is 2.13. The van der Waals surface area contributed by atoms with Gasteiger partial charge in [0.1, 0.15) is 5.82 Å². The first-order valence-electron chi connectivity index (χ1n) is 5.21. The molecule has 2 heteroatoms. The minimum atomic E-state index is -0.175. The van der Waals surface area contributed by atoms with Crippen molar-refractivity contribution >= 4 is 0 Å². The molecule has 2 N–H and O–H groups in total. The molecular formula is C12H16FN. The average molecular weight is 193 g/mol. The van der Waals surface area contributed by atoms with Crippen LogP contribution in [-0.4, -0.2) is 5.54 Å². The quantitative estimate of drug-likeness (QED) is 0.767. The number of rotatable bonds is 2. The maximum atomic E-state index is 12.7. The Morgan fingerprint density at radius 1 is 1.14 bits per heavy atom. The number of nitrogens with two attached hydrogens (primary N) is 1. The van der Waals surface area contributed by atoms with Crippen LogP contribution in [0.5, 0.6) is 0 Å². The Balaban J connectivity index is 2.06. The molecule has 1 aromatic rings. The number of benzene rings is 1. The highest BCUT2D eigenvalue weighted by Crippen LogP contribution is 2.30. The molecule has 0 unspecified atom stereocenters. The molecule has 14 heavy (non-hydrogen) atoms. The molecule has 0 atom stereocenters. The van der Waals surface area contributed by atoms with E-state index in [9.17, 15) is 4.39 Å². The van der Waals surface area contributed by atoms with E-state index in [4.69, 9.17) is 5.73 Å². The monoisotopic (exact) mass is 193 g/mol. The van der Waals surface area contributed by atoms with Crippen LogP contribution < -0.4 is 5.73 Å². The fourth-order valence-electron chi connectivity index (χ4n) is 2.26. The van der Waals surface area contributed by atoms with E-state index in [0.717, 1.165) is 24.8 Å². The zero-order chi connectivity index (χ0) is 10.0. The SMILES string of the molecule is NC1(Cc2ccc(F)cc2)CCCC1. The van der Waals surface area contributed by atoms with Crippen molar-refractivity contribution in [2.45, 2.75) is 37.6 Å². The maximum absolute atomic E-state index is 12.7. The Labute approximate surface area is 84.1 Å². The first-order chi connectivity index (χ1) is 6.68. The van der Waals surface area contributed by atoms with Gasteiger partial charge in [0.05, 0.1) is 0 Å². The second-order valence-electron chi connectivity index (χ2n) is 4.37. The fraction of sp³-hybridized carbons (Fsp3) is 0.500. The van der Waals surface area contributed by atoms with E-state index in [1.807, 2.05) is 12.1 Å². The minimum Gasteiger partial charge on any atom is -0.325 e. The number of hydrogen-bond donors (Lipinski definition) is 1. The van der Waals surface area contributed by atoms with Crippen LogP contribution in [0.15, 0.2) is 24.3 Å². The van der Waals surface area contributed by atoms with Crippen molar-refractivity contribution in [3.05, 3.63) is 35.6 Å². The van der Waals surface area contributed by atoms with Gasteiger partial charge in [0.25, 0.3) is 0 Å². The zero-order valence-electron chi connectivity index (χ0n) is 8.30. The van der Waals surface area contributed by atoms with Gasteiger partial charge in [-0.3, -0.25) is 0 Å². The van der Waals surface area contributed by atoms with Crippen LogP contribution in [-0.2, 0) is 6.42 Å². The van der Waals surface area contributed by atoms with Crippen molar-refractivity contribution in [2.75, 3.05) is 0 Å². The Kier molecular flexibility index (Phi) is 2.55. The van der Waals surface area contributed by atoms with Gasteiger partial charge in [-0.25, -0.2) is 4.39 Å². The van der Waals surface area contributed by atoms with E-state index < -0.39 is 0 Å². The summed E-state index contributed by atoms with van der Waals surface area (Å²) in [7, 11) is 0. The lowest BCUT2D eigenvalue weighted by molar-refractivity contribution is 0.436. The maximum Gasteiger partial charge on any atom is 0.123 e. The molecule has 76 valence electrons. The molecule has 1 fully saturated rings. The zero-order valence-corrected chi connectivity index (χ0v) is 8.30. The average Bonchev–Trinajstić information content (AvgIpc) is 2.57. The van der Waals surface area contributed by atoms with Gasteiger partial charge in [0.2, 0.25) is 0 Å². The number of hydrogen-bond acceptors (Lipinski definition) is 1. The second-order valence-corrected chi connectivity index (χ2v) is 4.37. The van der Waals surface area contributed by atoms with Gasteiger partial charge in [-0.05, 0) is 37.0 Å². The summed E-state index contributed by atoms with van der Waals surface area (Å²) in [5, 5.41) is 0. The van der Waals surface area contributed by atoms with Crippen LogP contribution in [0.2, 0.25) is 0 Å². The van der Waals surface area contributed by atoms with E-state index >= 15 is 0 Å². The summed E-state index contributed by atoms with van der Waals surface area (Å²) < 4.78 is 12.7. The van der Waals surface area contributed by atoms with E-state index in [1.165, 1.54) is 25.0 Å². The van der Waals surface area contributed by atoms with Crippen LogP contribution >= 0.6 is 0 Å². The Morgan fingerprint density at radius 2 is 1.71 bits per heavy atom. The highest BCUT2D eigenvalue weighted by Gasteiger charge is 2.29. The van der Waals surface area contributed by atoms with Crippen molar-refractivity contribution in [1.82, 2.24) is 0 Å². The van der Waals surface area contributed by atoms with Crippen LogP contribution in [0.3, 0.4) is 0 Å². The second kappa shape index (κ2) is 3.70. The molecule has 0 aliphatic heterocycles. The lowest BCUT2D eigenvalue weighted by atomic mass is 9.90. The molecule has 0 bridgehead atoms. The van der Waals surface area contributed by atoms with Crippen LogP contribution in [0, 0.1) is 5.82 Å². The smallest absolute Gasteiger partial charge is 0.123 e. The van der Waals surface area contributed by atoms with Gasteiger partial charge in [-0.15, -0.1) is 0 Å². The van der Waals surface area contributed by atoms with Crippen molar-refractivity contribution in [3.8, 4) is 0 Å². The fourth-order valence-corrected chi connectivity index (χ4v) is 2.26. The first-order valence-corrected chi connectivity index (χ1v) is 5.21. The third-order valence-corrected chi connectivity index (χ3v) is 3.07. The summed E-state index contributed by atoms with van der Waals surface area (Å²) in [5.74, 6) is -0.175. The van der Waals surface area contributed by atoms with Gasteiger partial charge in [0.15, 0.2) is 0 Å². The molecule has 0 amide bonds. The Bertz CT molecular complexity index is 299. The molecular weight excluding hydrogens is 177 g/mol. The summed E-state index contributed by atoms with van der Waals surface area (Å²) in [6.45, 7) is 0. The predicted octanol–water partition coefficient (Wildman–Crippen LogP) is 2.64. The summed E-state index contributed by atoms with van der Waals surface area (Å²) in [6.07, 6.45) is 5.55. The lowest BCUT2D eigenvalue weighted by Crippen LogP contribution is -2.38. The normalized spacial score (nSPS) is 19.9. The molecule has 0 aromatic heterocycles. The number of halogens is 1. The van der Waals surface area contributed by atoms with Gasteiger partial charge in [-0.1, -0.05) is 25.0 Å². The van der Waals surface area contributed by atoms with Crippen molar-refractivity contribution in [2.24, 2.45) is 5.73 Å². The standard InChI is InChI=1S/C12H16FN/c13-11-5-3-10(4-6-11)9-12(14)7-1-2-8-12/h3-6H,1-2,7-9,14H2. The van der Waals surface area contributed by atoms with Crippen LogP contribution in [0.4, 0.5) is 4.39 Å². The summed E-state index contributed by atoms with van der Waals surface area (Å²) >= 11 is 0. The van der Waals surface area contributed by atoms with Gasteiger partial charge < -0.3 is 5.73 Å². The van der Waals surface area contributed by atoms with E-state index in [2.05, 4.69) is 0 Å². The van der Waals surface area contributed by atoms with E-state index in [1.54, 1.807) is 0 Å². The van der Waals surface area contributed by atoms with E-state index in [-0.39, 0.29) is 11.4 Å². The van der Waals surface area contributed by atoms with Crippen molar-refractivity contribution in [3.63, 3.8) is 0 Å². The lowest BCUT2D eigenvalue weighted by Gasteiger charge is -2.23. The minimum absolute atomic E-state index is 0.0299. The van der Waals surface area contributed by atoms with Crippen LogP contribution in [0.1, 0.15) is 31.2 Å². The summed E-state index contributed by atoms with van der Waals surface area (Å²) in [4.78, 5) is 0. The highest BCUT2D eigenvalue weighted by molar-refractivity contribution is 5.19. The van der Waals surface area contributed by atoms with Gasteiger partial charge >= 0.3 is 0 Å². The van der Waals surface area contributed by atoms with Crippen LogP contribution in [0.25, 0.3) is 0 Å². The third-order valence-electron chi connectivity index (χ3n) is 3.07. The molecule has 0 radical (unpaired) electrons. The molecule has 1 aromatic carbocycles. The molecule has 0 saturated heterocycles. The molecule has 1 nitrogen and oxygen atoms in total. The van der Waals surface area contributed by atoms with E-state index in [0.29, 0.717) is 0 Å². The largest absolute Gasteiger partial charge is 0.325 e. The molecule has 0 heterocycles. The Morgan fingerprint density at radius 3 is 2.29 bits per heavy atom. The van der Waals surface area contributed by atoms with Crippen molar-refractivity contribution < 1.29 is 4.39 Å². The Hall–Kier alpha value is -0.890. The van der Waals surface area contributed by atoms with Gasteiger partial charge in [0, 0.05) is 5.54 Å². The molecule has 0 spiro atoms. The van der Waals surface area contributed by atoms with Gasteiger partial charge in [-0.2, -0.15) is 0 Å².